The first-order valence-electron chi connectivity index (χ1n) is 7.70. The van der Waals surface area contributed by atoms with Crippen LogP contribution in [0.4, 0.5) is 5.69 Å². The number of hydrogen-bond acceptors (Lipinski definition) is 4. The highest BCUT2D eigenvalue weighted by Gasteiger charge is 2.04. The van der Waals surface area contributed by atoms with Crippen LogP contribution < -0.4 is 10.2 Å². The summed E-state index contributed by atoms with van der Waals surface area (Å²) in [7, 11) is 4.14. The molecule has 0 spiro atoms. The van der Waals surface area contributed by atoms with Crippen molar-refractivity contribution in [1.29, 1.82) is 0 Å². The van der Waals surface area contributed by atoms with Crippen molar-refractivity contribution in [2.24, 2.45) is 0 Å². The van der Waals surface area contributed by atoms with Crippen molar-refractivity contribution in [2.75, 3.05) is 32.1 Å². The minimum absolute atomic E-state index is 0.558. The van der Waals surface area contributed by atoms with Crippen molar-refractivity contribution >= 4 is 23.7 Å². The highest BCUT2D eigenvalue weighted by atomic mass is 16.4. The van der Waals surface area contributed by atoms with Crippen LogP contribution in [0, 0.1) is 0 Å². The van der Waals surface area contributed by atoms with Crippen LogP contribution in [0.15, 0.2) is 42.0 Å². The van der Waals surface area contributed by atoms with Gasteiger partial charge in [0.1, 0.15) is 0 Å². The smallest absolute Gasteiger partial charge is 0.328 e. The molecule has 1 saturated heterocycles. The molecular formula is C18H24N2O4. The molecule has 1 aromatic rings. The Morgan fingerprint density at radius 1 is 1.00 bits per heavy atom. The third kappa shape index (κ3) is 8.14. The molecule has 1 aromatic carbocycles. The number of carboxylic acids is 2. The zero-order chi connectivity index (χ0) is 17.9. The van der Waals surface area contributed by atoms with Gasteiger partial charge in [0.2, 0.25) is 0 Å². The van der Waals surface area contributed by atoms with E-state index < -0.39 is 11.9 Å². The van der Waals surface area contributed by atoms with Gasteiger partial charge in [0.05, 0.1) is 0 Å². The summed E-state index contributed by atoms with van der Waals surface area (Å²) in [6, 6.07) is 8.75. The van der Waals surface area contributed by atoms with Crippen LogP contribution in [0.5, 0.6) is 0 Å². The number of benzene rings is 1. The fourth-order valence-electron chi connectivity index (χ4n) is 2.14. The lowest BCUT2D eigenvalue weighted by Gasteiger charge is -2.15. The lowest BCUT2D eigenvalue weighted by molar-refractivity contribution is -0.134. The van der Waals surface area contributed by atoms with Crippen molar-refractivity contribution in [1.82, 2.24) is 5.32 Å². The van der Waals surface area contributed by atoms with Gasteiger partial charge in [-0.3, -0.25) is 0 Å². The van der Waals surface area contributed by atoms with Gasteiger partial charge >= 0.3 is 11.9 Å². The monoisotopic (exact) mass is 332 g/mol. The third-order valence-corrected chi connectivity index (χ3v) is 3.39. The summed E-state index contributed by atoms with van der Waals surface area (Å²) >= 11 is 0. The number of aliphatic carboxylic acids is 2. The summed E-state index contributed by atoms with van der Waals surface area (Å²) in [5.41, 5.74) is 4.14. The highest BCUT2D eigenvalue weighted by molar-refractivity contribution is 5.89. The average Bonchev–Trinajstić information content (AvgIpc) is 2.55. The van der Waals surface area contributed by atoms with Crippen LogP contribution >= 0.6 is 0 Å². The molecule has 130 valence electrons. The lowest BCUT2D eigenvalue weighted by atomic mass is 10.0. The predicted octanol–water partition coefficient (Wildman–Crippen LogP) is 2.23. The minimum Gasteiger partial charge on any atom is -0.478 e. The maximum absolute atomic E-state index is 9.55. The van der Waals surface area contributed by atoms with Crippen LogP contribution in [0.3, 0.4) is 0 Å². The second kappa shape index (κ2) is 10.2. The Bertz CT molecular complexity index is 580. The third-order valence-electron chi connectivity index (χ3n) is 3.39. The molecule has 0 atom stereocenters. The highest BCUT2D eigenvalue weighted by Crippen LogP contribution is 2.18. The number of nitrogens with zero attached hydrogens (tertiary/aromatic N) is 1. The second-order valence-corrected chi connectivity index (χ2v) is 5.55. The van der Waals surface area contributed by atoms with E-state index in [1.807, 2.05) is 0 Å². The van der Waals surface area contributed by atoms with Gasteiger partial charge in [-0.25, -0.2) is 9.59 Å². The summed E-state index contributed by atoms with van der Waals surface area (Å²) in [6.07, 6.45) is 5.83. The molecule has 3 N–H and O–H groups in total. The van der Waals surface area contributed by atoms with Crippen molar-refractivity contribution in [2.45, 2.75) is 12.8 Å². The quantitative estimate of drug-likeness (QED) is 0.733. The first-order chi connectivity index (χ1) is 11.4. The summed E-state index contributed by atoms with van der Waals surface area (Å²) in [5.74, 6) is -2.51. The van der Waals surface area contributed by atoms with Crippen LogP contribution in [-0.4, -0.2) is 49.3 Å². The van der Waals surface area contributed by atoms with Gasteiger partial charge in [0.15, 0.2) is 0 Å². The number of nitrogens with one attached hydrogen (secondary N) is 1. The normalized spacial score (nSPS) is 13.8. The molecule has 6 heteroatoms. The average molecular weight is 332 g/mol. The zero-order valence-corrected chi connectivity index (χ0v) is 14.0. The first-order valence-corrected chi connectivity index (χ1v) is 7.70. The van der Waals surface area contributed by atoms with Gasteiger partial charge in [-0.15, -0.1) is 0 Å². The van der Waals surface area contributed by atoms with E-state index in [4.69, 9.17) is 10.2 Å². The van der Waals surface area contributed by atoms with Crippen molar-refractivity contribution in [3.63, 3.8) is 0 Å². The Kier molecular flexibility index (Phi) is 8.29. The number of hydrogen-bond donors (Lipinski definition) is 3. The number of anilines is 1. The lowest BCUT2D eigenvalue weighted by Crippen LogP contribution is -2.22. The Labute approximate surface area is 142 Å². The van der Waals surface area contributed by atoms with Crippen LogP contribution in [-0.2, 0) is 9.59 Å². The van der Waals surface area contributed by atoms with Crippen LogP contribution in [0.25, 0.3) is 6.08 Å². The predicted molar refractivity (Wildman–Crippen MR) is 95.3 cm³/mol. The van der Waals surface area contributed by atoms with E-state index in [1.54, 1.807) is 5.57 Å². The van der Waals surface area contributed by atoms with Gasteiger partial charge in [0.25, 0.3) is 0 Å². The summed E-state index contributed by atoms with van der Waals surface area (Å²) in [4.78, 5) is 21.2. The molecule has 0 unspecified atom stereocenters. The molecule has 1 fully saturated rings. The maximum Gasteiger partial charge on any atom is 0.328 e. The molecule has 1 aliphatic rings. The minimum atomic E-state index is -1.26. The van der Waals surface area contributed by atoms with E-state index in [1.165, 1.54) is 24.1 Å². The van der Waals surface area contributed by atoms with E-state index in [-0.39, 0.29) is 0 Å². The van der Waals surface area contributed by atoms with Gasteiger partial charge in [-0.2, -0.15) is 0 Å². The Morgan fingerprint density at radius 2 is 1.50 bits per heavy atom. The molecule has 1 heterocycles. The largest absolute Gasteiger partial charge is 0.478 e. The number of carboxylic acid groups (broad SMARTS) is 2. The van der Waals surface area contributed by atoms with Crippen LogP contribution in [0.1, 0.15) is 18.4 Å². The number of carbonyl (C=O) groups is 2. The van der Waals surface area contributed by atoms with Crippen molar-refractivity contribution in [3.05, 3.63) is 47.6 Å². The standard InChI is InChI=1S/C14H20N2.C4H4O4/c1-16(2)14-5-3-12(4-6-14)11-13-7-9-15-10-8-13;5-3(6)1-2-4(7)8/h3-6,11,15H,7-10H2,1-2H3;1-2H,(H,5,6)(H,7,8). The molecule has 1 aliphatic heterocycles. The number of piperidine rings is 1. The summed E-state index contributed by atoms with van der Waals surface area (Å²) < 4.78 is 0. The van der Waals surface area contributed by atoms with Crippen molar-refractivity contribution in [3.8, 4) is 0 Å². The second-order valence-electron chi connectivity index (χ2n) is 5.55. The Morgan fingerprint density at radius 3 is 1.92 bits per heavy atom. The van der Waals surface area contributed by atoms with E-state index in [0.29, 0.717) is 12.2 Å². The molecule has 0 aromatic heterocycles. The van der Waals surface area contributed by atoms with Gasteiger partial charge in [0, 0.05) is 31.9 Å². The molecule has 2 rings (SSSR count). The SMILES string of the molecule is CN(C)c1ccc(C=C2CCNCC2)cc1.O=C(O)C=CC(=O)O. The van der Waals surface area contributed by atoms with E-state index in [9.17, 15) is 9.59 Å². The molecule has 6 nitrogen and oxygen atoms in total. The topological polar surface area (TPSA) is 89.9 Å². The molecule has 0 bridgehead atoms. The van der Waals surface area contributed by atoms with Crippen molar-refractivity contribution < 1.29 is 19.8 Å². The molecule has 0 radical (unpaired) electrons. The van der Waals surface area contributed by atoms with Gasteiger partial charge in [-0.05, 0) is 43.6 Å². The summed E-state index contributed by atoms with van der Waals surface area (Å²) in [6.45, 7) is 2.25. The first kappa shape index (κ1) is 19.4. The Balaban J connectivity index is 0.000000307. The fourth-order valence-corrected chi connectivity index (χ4v) is 2.14. The molecule has 24 heavy (non-hydrogen) atoms. The van der Waals surface area contributed by atoms with E-state index in [2.05, 4.69) is 54.7 Å². The Hall–Kier alpha value is -2.60. The summed E-state index contributed by atoms with van der Waals surface area (Å²) in [5, 5.41) is 19.0. The molecule has 0 aliphatic carbocycles. The molecule has 0 amide bonds. The zero-order valence-electron chi connectivity index (χ0n) is 14.0. The van der Waals surface area contributed by atoms with Gasteiger partial charge in [-0.1, -0.05) is 23.8 Å². The van der Waals surface area contributed by atoms with Crippen LogP contribution in [0.2, 0.25) is 0 Å². The van der Waals surface area contributed by atoms with E-state index >= 15 is 0 Å². The fraction of sp³-hybridized carbons (Fsp3) is 0.333. The van der Waals surface area contributed by atoms with E-state index in [0.717, 1.165) is 13.1 Å². The van der Waals surface area contributed by atoms with Gasteiger partial charge < -0.3 is 20.4 Å². The maximum atomic E-state index is 9.55. The molecule has 0 saturated carbocycles. The number of rotatable bonds is 4. The molecular weight excluding hydrogens is 308 g/mol.